The Hall–Kier alpha value is -0.950. The molecule has 0 aliphatic carbocycles. The van der Waals surface area contributed by atoms with Crippen molar-refractivity contribution in [2.24, 2.45) is 0 Å². The van der Waals surface area contributed by atoms with Gasteiger partial charge >= 0.3 is 6.61 Å². The van der Waals surface area contributed by atoms with Crippen molar-refractivity contribution >= 4 is 35.1 Å². The van der Waals surface area contributed by atoms with Gasteiger partial charge in [0.05, 0.1) is 10.9 Å². The Morgan fingerprint density at radius 3 is 2.84 bits per heavy atom. The fourth-order valence-electron chi connectivity index (χ4n) is 1.62. The molecular weight excluding hydrogens is 292 g/mol. The molecule has 19 heavy (non-hydrogen) atoms. The Morgan fingerprint density at radius 1 is 1.37 bits per heavy atom. The SMILES string of the molecule is O=C(Nc1ccccc1OC(F)F)C1CSCCS1. The summed E-state index contributed by atoms with van der Waals surface area (Å²) in [6.07, 6.45) is 0. The van der Waals surface area contributed by atoms with Gasteiger partial charge in [-0.2, -0.15) is 20.5 Å². The van der Waals surface area contributed by atoms with E-state index in [1.807, 2.05) is 0 Å². The van der Waals surface area contributed by atoms with E-state index >= 15 is 0 Å². The second kappa shape index (κ2) is 7.00. The first-order chi connectivity index (χ1) is 9.16. The maximum atomic E-state index is 12.3. The van der Waals surface area contributed by atoms with Crippen LogP contribution in [-0.4, -0.2) is 35.0 Å². The van der Waals surface area contributed by atoms with E-state index in [0.29, 0.717) is 0 Å². The van der Waals surface area contributed by atoms with Crippen LogP contribution in [0.1, 0.15) is 0 Å². The second-order valence-electron chi connectivity index (χ2n) is 3.80. The highest BCUT2D eigenvalue weighted by atomic mass is 32.2. The van der Waals surface area contributed by atoms with Crippen LogP contribution in [0.5, 0.6) is 5.75 Å². The van der Waals surface area contributed by atoms with Gasteiger partial charge < -0.3 is 10.1 Å². The molecule has 0 spiro atoms. The molecule has 1 aliphatic rings. The van der Waals surface area contributed by atoms with E-state index in [-0.39, 0.29) is 22.6 Å². The Balaban J connectivity index is 2.03. The van der Waals surface area contributed by atoms with Crippen molar-refractivity contribution in [3.63, 3.8) is 0 Å². The molecule has 1 heterocycles. The first kappa shape index (κ1) is 14.5. The number of hydrogen-bond acceptors (Lipinski definition) is 4. The third-order valence-corrected chi connectivity index (χ3v) is 5.22. The van der Waals surface area contributed by atoms with Crippen LogP contribution in [-0.2, 0) is 4.79 Å². The highest BCUT2D eigenvalue weighted by Gasteiger charge is 2.23. The first-order valence-electron chi connectivity index (χ1n) is 5.71. The molecule has 2 rings (SSSR count). The minimum atomic E-state index is -2.90. The number of nitrogens with one attached hydrogen (secondary N) is 1. The van der Waals surface area contributed by atoms with E-state index in [4.69, 9.17) is 0 Å². The number of benzene rings is 1. The van der Waals surface area contributed by atoms with Gasteiger partial charge in [0.2, 0.25) is 5.91 Å². The summed E-state index contributed by atoms with van der Waals surface area (Å²) in [5.74, 6) is 2.54. The third-order valence-electron chi connectivity index (χ3n) is 2.47. The summed E-state index contributed by atoms with van der Waals surface area (Å²) in [5.41, 5.74) is 0.281. The van der Waals surface area contributed by atoms with E-state index in [1.54, 1.807) is 41.7 Å². The van der Waals surface area contributed by atoms with Gasteiger partial charge in [0.1, 0.15) is 5.75 Å². The van der Waals surface area contributed by atoms with Crippen LogP contribution in [0.2, 0.25) is 0 Å². The zero-order chi connectivity index (χ0) is 13.7. The molecular formula is C12H13F2NO2S2. The summed E-state index contributed by atoms with van der Waals surface area (Å²) in [5, 5.41) is 2.51. The minimum Gasteiger partial charge on any atom is -0.433 e. The zero-order valence-corrected chi connectivity index (χ0v) is 11.6. The van der Waals surface area contributed by atoms with Gasteiger partial charge in [-0.05, 0) is 12.1 Å². The Morgan fingerprint density at radius 2 is 2.16 bits per heavy atom. The van der Waals surface area contributed by atoms with Gasteiger partial charge in [-0.25, -0.2) is 0 Å². The van der Waals surface area contributed by atoms with Crippen molar-refractivity contribution in [1.29, 1.82) is 0 Å². The average Bonchev–Trinajstić information content (AvgIpc) is 2.41. The van der Waals surface area contributed by atoms with Gasteiger partial charge in [0.15, 0.2) is 0 Å². The minimum absolute atomic E-state index is 0.0145. The fraction of sp³-hybridized carbons (Fsp3) is 0.417. The van der Waals surface area contributed by atoms with Gasteiger partial charge in [-0.15, -0.1) is 11.8 Å². The number of carbonyl (C=O) groups excluding carboxylic acids is 1. The molecule has 1 N–H and O–H groups in total. The van der Waals surface area contributed by atoms with Crippen LogP contribution >= 0.6 is 23.5 Å². The number of carbonyl (C=O) groups is 1. The first-order valence-corrected chi connectivity index (χ1v) is 7.91. The topological polar surface area (TPSA) is 38.3 Å². The lowest BCUT2D eigenvalue weighted by molar-refractivity contribution is -0.115. The largest absolute Gasteiger partial charge is 0.433 e. The van der Waals surface area contributed by atoms with Gasteiger partial charge in [0, 0.05) is 17.3 Å². The number of ether oxygens (including phenoxy) is 1. The number of rotatable bonds is 4. The predicted molar refractivity (Wildman–Crippen MR) is 75.3 cm³/mol. The van der Waals surface area contributed by atoms with Crippen LogP contribution in [0, 0.1) is 0 Å². The van der Waals surface area contributed by atoms with Crippen molar-refractivity contribution in [3.05, 3.63) is 24.3 Å². The van der Waals surface area contributed by atoms with Crippen molar-refractivity contribution in [3.8, 4) is 5.75 Å². The lowest BCUT2D eigenvalue weighted by Crippen LogP contribution is -2.30. The highest BCUT2D eigenvalue weighted by molar-refractivity contribution is 8.07. The summed E-state index contributed by atoms with van der Waals surface area (Å²) in [7, 11) is 0. The summed E-state index contributed by atoms with van der Waals surface area (Å²) >= 11 is 3.31. The number of halogens is 2. The molecule has 1 fully saturated rings. The maximum absolute atomic E-state index is 12.3. The molecule has 1 unspecified atom stereocenters. The molecule has 104 valence electrons. The molecule has 0 aromatic heterocycles. The summed E-state index contributed by atoms with van der Waals surface area (Å²) in [6.45, 7) is -2.90. The number of anilines is 1. The summed E-state index contributed by atoms with van der Waals surface area (Å²) in [4.78, 5) is 12.0. The van der Waals surface area contributed by atoms with Gasteiger partial charge in [-0.3, -0.25) is 4.79 Å². The van der Waals surface area contributed by atoms with Crippen LogP contribution < -0.4 is 10.1 Å². The van der Waals surface area contributed by atoms with Crippen LogP contribution in [0.15, 0.2) is 24.3 Å². The lowest BCUT2D eigenvalue weighted by Gasteiger charge is -2.20. The zero-order valence-electron chi connectivity index (χ0n) is 9.97. The average molecular weight is 305 g/mol. The lowest BCUT2D eigenvalue weighted by atomic mass is 10.3. The van der Waals surface area contributed by atoms with E-state index in [2.05, 4.69) is 10.1 Å². The Kier molecular flexibility index (Phi) is 5.33. The standard InChI is InChI=1S/C12H13F2NO2S2/c13-12(14)17-9-4-2-1-3-8(9)15-11(16)10-7-18-5-6-19-10/h1-4,10,12H,5-7H2,(H,15,16). The Labute approximate surface area is 118 Å². The number of hydrogen-bond donors (Lipinski definition) is 1. The second-order valence-corrected chi connectivity index (χ2v) is 6.26. The molecule has 7 heteroatoms. The number of thioether (sulfide) groups is 2. The van der Waals surface area contributed by atoms with Crippen LogP contribution in [0.3, 0.4) is 0 Å². The maximum Gasteiger partial charge on any atom is 0.387 e. The molecule has 3 nitrogen and oxygen atoms in total. The summed E-state index contributed by atoms with van der Waals surface area (Å²) in [6, 6.07) is 6.20. The predicted octanol–water partition coefficient (Wildman–Crippen LogP) is 3.08. The van der Waals surface area contributed by atoms with Crippen LogP contribution in [0.4, 0.5) is 14.5 Å². The molecule has 0 bridgehead atoms. The monoisotopic (exact) mass is 305 g/mol. The van der Waals surface area contributed by atoms with Crippen molar-refractivity contribution in [2.45, 2.75) is 11.9 Å². The fourth-order valence-corrected chi connectivity index (χ4v) is 4.18. The molecule has 1 atom stereocenters. The van der Waals surface area contributed by atoms with Gasteiger partial charge in [-0.1, -0.05) is 12.1 Å². The third kappa shape index (κ3) is 4.28. The van der Waals surface area contributed by atoms with E-state index in [1.165, 1.54) is 6.07 Å². The molecule has 0 saturated carbocycles. The van der Waals surface area contributed by atoms with Crippen molar-refractivity contribution in [2.75, 3.05) is 22.6 Å². The normalized spacial score (nSPS) is 19.2. The smallest absolute Gasteiger partial charge is 0.387 e. The number of alkyl halides is 2. The Bertz CT molecular complexity index is 439. The van der Waals surface area contributed by atoms with Crippen LogP contribution in [0.25, 0.3) is 0 Å². The molecule has 1 aliphatic heterocycles. The highest BCUT2D eigenvalue weighted by Crippen LogP contribution is 2.29. The van der Waals surface area contributed by atoms with Gasteiger partial charge in [0.25, 0.3) is 0 Å². The molecule has 1 saturated heterocycles. The molecule has 1 aromatic carbocycles. The van der Waals surface area contributed by atoms with E-state index < -0.39 is 6.61 Å². The molecule has 0 radical (unpaired) electrons. The summed E-state index contributed by atoms with van der Waals surface area (Å²) < 4.78 is 28.9. The van der Waals surface area contributed by atoms with E-state index in [0.717, 1.165) is 17.3 Å². The molecule has 1 amide bonds. The van der Waals surface area contributed by atoms with E-state index in [9.17, 15) is 13.6 Å². The number of para-hydroxylation sites is 2. The quantitative estimate of drug-likeness (QED) is 0.928. The number of amides is 1. The van der Waals surface area contributed by atoms with Crippen molar-refractivity contribution in [1.82, 2.24) is 0 Å². The van der Waals surface area contributed by atoms with Crippen molar-refractivity contribution < 1.29 is 18.3 Å². The molecule has 1 aromatic rings.